The summed E-state index contributed by atoms with van der Waals surface area (Å²) < 4.78 is 10.4. The zero-order valence-corrected chi connectivity index (χ0v) is 13.2. The first-order valence-corrected chi connectivity index (χ1v) is 7.79. The van der Waals surface area contributed by atoms with Gasteiger partial charge in [-0.2, -0.15) is 0 Å². The number of aliphatic carboxylic acids is 1. The maximum absolute atomic E-state index is 12.7. The van der Waals surface area contributed by atoms with Gasteiger partial charge < -0.3 is 24.7 Å². The number of carboxylic acid groups (broad SMARTS) is 1. The molecule has 0 aliphatic heterocycles. The number of hydrogen-bond donors (Lipinski definition) is 1. The SMILES string of the molecule is COc1ccc(NC(=O)[C@@H]2[C@@H]3CC[C@H](C3)[C@H]2C(=O)[O-])c(OC)c1. The predicted octanol–water partition coefficient (Wildman–Crippen LogP) is 1.05. The molecule has 1 amide bonds. The summed E-state index contributed by atoms with van der Waals surface area (Å²) >= 11 is 0. The number of fused-ring (bicyclic) bond motifs is 2. The predicted molar refractivity (Wildman–Crippen MR) is 81.0 cm³/mol. The molecule has 6 nitrogen and oxygen atoms in total. The maximum Gasteiger partial charge on any atom is 0.228 e. The van der Waals surface area contributed by atoms with Gasteiger partial charge in [0, 0.05) is 23.9 Å². The topological polar surface area (TPSA) is 87.7 Å². The molecule has 2 bridgehead atoms. The highest BCUT2D eigenvalue weighted by Crippen LogP contribution is 2.52. The first kappa shape index (κ1) is 15.6. The number of benzene rings is 1. The Bertz CT molecular complexity index is 629. The van der Waals surface area contributed by atoms with Crippen molar-refractivity contribution >= 4 is 17.6 Å². The Morgan fingerprint density at radius 2 is 1.83 bits per heavy atom. The van der Waals surface area contributed by atoms with Crippen molar-refractivity contribution in [1.82, 2.24) is 0 Å². The highest BCUT2D eigenvalue weighted by atomic mass is 16.5. The number of amides is 1. The molecule has 2 aliphatic carbocycles. The lowest BCUT2D eigenvalue weighted by atomic mass is 9.78. The second kappa shape index (κ2) is 6.10. The molecular formula is C17H20NO5-. The summed E-state index contributed by atoms with van der Waals surface area (Å²) in [6.07, 6.45) is 2.59. The van der Waals surface area contributed by atoms with Crippen LogP contribution in [0.1, 0.15) is 19.3 Å². The van der Waals surface area contributed by atoms with Crippen LogP contribution in [0.25, 0.3) is 0 Å². The van der Waals surface area contributed by atoms with Crippen LogP contribution in [0.4, 0.5) is 5.69 Å². The summed E-state index contributed by atoms with van der Waals surface area (Å²) in [5.74, 6) is -1.29. The van der Waals surface area contributed by atoms with Crippen LogP contribution in [0.15, 0.2) is 18.2 Å². The summed E-state index contributed by atoms with van der Waals surface area (Å²) in [7, 11) is 3.05. The van der Waals surface area contributed by atoms with E-state index < -0.39 is 17.8 Å². The van der Waals surface area contributed by atoms with Crippen molar-refractivity contribution in [1.29, 1.82) is 0 Å². The average molecular weight is 318 g/mol. The molecule has 0 unspecified atom stereocenters. The first-order chi connectivity index (χ1) is 11.0. The maximum atomic E-state index is 12.7. The summed E-state index contributed by atoms with van der Waals surface area (Å²) in [4.78, 5) is 24.1. The van der Waals surface area contributed by atoms with Gasteiger partial charge in [0.2, 0.25) is 5.91 Å². The van der Waals surface area contributed by atoms with E-state index in [9.17, 15) is 14.7 Å². The Hall–Kier alpha value is -2.24. The minimum Gasteiger partial charge on any atom is -0.550 e. The normalized spacial score (nSPS) is 28.4. The van der Waals surface area contributed by atoms with Gasteiger partial charge in [0.15, 0.2) is 0 Å². The molecule has 23 heavy (non-hydrogen) atoms. The van der Waals surface area contributed by atoms with Gasteiger partial charge in [-0.3, -0.25) is 4.79 Å². The molecule has 0 radical (unpaired) electrons. The molecule has 3 rings (SSSR count). The molecule has 4 atom stereocenters. The molecule has 0 spiro atoms. The summed E-state index contributed by atoms with van der Waals surface area (Å²) in [5.41, 5.74) is 0.512. The van der Waals surface area contributed by atoms with E-state index in [0.29, 0.717) is 17.2 Å². The number of carbonyl (C=O) groups is 2. The van der Waals surface area contributed by atoms with Gasteiger partial charge in [0.1, 0.15) is 11.5 Å². The number of anilines is 1. The Morgan fingerprint density at radius 3 is 2.43 bits per heavy atom. The molecular weight excluding hydrogens is 298 g/mol. The van der Waals surface area contributed by atoms with Gasteiger partial charge >= 0.3 is 0 Å². The number of carbonyl (C=O) groups excluding carboxylic acids is 2. The van der Waals surface area contributed by atoms with Crippen LogP contribution in [0.5, 0.6) is 11.5 Å². The third-order valence-electron chi connectivity index (χ3n) is 5.16. The monoisotopic (exact) mass is 318 g/mol. The molecule has 0 saturated heterocycles. The largest absolute Gasteiger partial charge is 0.550 e. The smallest absolute Gasteiger partial charge is 0.228 e. The zero-order valence-electron chi connectivity index (χ0n) is 13.2. The molecule has 1 N–H and O–H groups in total. The lowest BCUT2D eigenvalue weighted by molar-refractivity contribution is -0.314. The molecule has 2 aliphatic rings. The van der Waals surface area contributed by atoms with Crippen molar-refractivity contribution in [3.63, 3.8) is 0 Å². The molecule has 6 heteroatoms. The van der Waals surface area contributed by atoms with E-state index >= 15 is 0 Å². The van der Waals surface area contributed by atoms with Crippen LogP contribution >= 0.6 is 0 Å². The Morgan fingerprint density at radius 1 is 1.13 bits per heavy atom. The van der Waals surface area contributed by atoms with E-state index in [1.165, 1.54) is 7.11 Å². The molecule has 2 fully saturated rings. The summed E-state index contributed by atoms with van der Waals surface area (Å²) in [5, 5.41) is 14.2. The lowest BCUT2D eigenvalue weighted by Crippen LogP contribution is -2.43. The number of hydrogen-bond acceptors (Lipinski definition) is 5. The molecule has 0 heterocycles. The number of ether oxygens (including phenoxy) is 2. The first-order valence-electron chi connectivity index (χ1n) is 7.79. The highest BCUT2D eigenvalue weighted by Gasteiger charge is 2.51. The minimum atomic E-state index is -1.11. The van der Waals surface area contributed by atoms with E-state index in [2.05, 4.69) is 5.32 Å². The van der Waals surface area contributed by atoms with Crippen LogP contribution in [-0.2, 0) is 9.59 Å². The zero-order chi connectivity index (χ0) is 16.6. The third kappa shape index (κ3) is 2.73. The van der Waals surface area contributed by atoms with E-state index in [0.717, 1.165) is 19.3 Å². The molecule has 1 aromatic carbocycles. The molecule has 124 valence electrons. The fourth-order valence-electron chi connectivity index (χ4n) is 4.13. The van der Waals surface area contributed by atoms with Crippen molar-refractivity contribution in [2.45, 2.75) is 19.3 Å². The minimum absolute atomic E-state index is 0.0681. The Kier molecular flexibility index (Phi) is 4.15. The van der Waals surface area contributed by atoms with Gasteiger partial charge in [-0.05, 0) is 43.2 Å². The van der Waals surface area contributed by atoms with Gasteiger partial charge in [-0.25, -0.2) is 0 Å². The Labute approximate surface area is 134 Å². The fourth-order valence-corrected chi connectivity index (χ4v) is 4.13. The third-order valence-corrected chi connectivity index (χ3v) is 5.16. The van der Waals surface area contributed by atoms with Gasteiger partial charge in [-0.1, -0.05) is 0 Å². The second-order valence-corrected chi connectivity index (χ2v) is 6.26. The standard InChI is InChI=1S/C17H21NO5/c1-22-11-5-6-12(13(8-11)23-2)18-16(19)14-9-3-4-10(7-9)15(14)17(20)21/h5-6,8-10,14-15H,3-4,7H2,1-2H3,(H,18,19)(H,20,21)/p-1/t9-,10-,14-,15-/m1/s1. The van der Waals surface area contributed by atoms with Gasteiger partial charge in [-0.15, -0.1) is 0 Å². The van der Waals surface area contributed by atoms with Crippen molar-refractivity contribution in [2.24, 2.45) is 23.7 Å². The van der Waals surface area contributed by atoms with Crippen molar-refractivity contribution in [2.75, 3.05) is 19.5 Å². The lowest BCUT2D eigenvalue weighted by Gasteiger charge is -2.30. The van der Waals surface area contributed by atoms with E-state index in [-0.39, 0.29) is 17.7 Å². The number of nitrogens with one attached hydrogen (secondary N) is 1. The van der Waals surface area contributed by atoms with Crippen LogP contribution in [0.3, 0.4) is 0 Å². The molecule has 2 saturated carbocycles. The van der Waals surface area contributed by atoms with Crippen molar-refractivity contribution < 1.29 is 24.2 Å². The van der Waals surface area contributed by atoms with E-state index in [1.807, 2.05) is 0 Å². The number of methoxy groups -OCH3 is 2. The summed E-state index contributed by atoms with van der Waals surface area (Å²) in [6.45, 7) is 0. The van der Waals surface area contributed by atoms with Gasteiger partial charge in [0.25, 0.3) is 0 Å². The van der Waals surface area contributed by atoms with Crippen molar-refractivity contribution in [3.05, 3.63) is 18.2 Å². The van der Waals surface area contributed by atoms with Crippen molar-refractivity contribution in [3.8, 4) is 11.5 Å². The van der Waals surface area contributed by atoms with Crippen LogP contribution in [0, 0.1) is 23.7 Å². The Balaban J connectivity index is 1.80. The average Bonchev–Trinajstić information content (AvgIpc) is 3.16. The van der Waals surface area contributed by atoms with E-state index in [4.69, 9.17) is 9.47 Å². The van der Waals surface area contributed by atoms with E-state index in [1.54, 1.807) is 25.3 Å². The molecule has 1 aromatic rings. The van der Waals surface area contributed by atoms with Crippen LogP contribution in [0.2, 0.25) is 0 Å². The quantitative estimate of drug-likeness (QED) is 0.877. The number of rotatable bonds is 5. The summed E-state index contributed by atoms with van der Waals surface area (Å²) in [6, 6.07) is 5.08. The highest BCUT2D eigenvalue weighted by molar-refractivity contribution is 5.97. The van der Waals surface area contributed by atoms with Crippen LogP contribution in [-0.4, -0.2) is 26.1 Å². The van der Waals surface area contributed by atoms with Gasteiger partial charge in [0.05, 0.1) is 19.9 Å². The number of carboxylic acids is 1. The fraction of sp³-hybridized carbons (Fsp3) is 0.529. The second-order valence-electron chi connectivity index (χ2n) is 6.26. The van der Waals surface area contributed by atoms with Crippen LogP contribution < -0.4 is 19.9 Å². The molecule has 0 aromatic heterocycles.